The summed E-state index contributed by atoms with van der Waals surface area (Å²) < 4.78 is 5.16. The van der Waals surface area contributed by atoms with Crippen LogP contribution in [0.4, 0.5) is 9.93 Å². The number of terminal acetylenes is 1. The molecule has 3 N–H and O–H groups in total. The third-order valence-corrected chi connectivity index (χ3v) is 4.35. The third kappa shape index (κ3) is 3.85. The normalized spacial score (nSPS) is 12.8. The summed E-state index contributed by atoms with van der Waals surface area (Å²) in [6.07, 6.45) is 5.77. The number of nitrogens with zero attached hydrogens (tertiary/aromatic N) is 1. The van der Waals surface area contributed by atoms with Gasteiger partial charge in [-0.25, -0.2) is 9.78 Å². The molecule has 0 saturated carbocycles. The third-order valence-electron chi connectivity index (χ3n) is 3.59. The van der Waals surface area contributed by atoms with Crippen LogP contribution >= 0.6 is 11.3 Å². The number of urea groups is 1. The summed E-state index contributed by atoms with van der Waals surface area (Å²) in [4.78, 5) is 16.1. The number of aromatic nitrogens is 1. The van der Waals surface area contributed by atoms with E-state index in [1.807, 2.05) is 36.6 Å². The lowest BCUT2D eigenvalue weighted by Gasteiger charge is -2.22. The summed E-state index contributed by atoms with van der Waals surface area (Å²) in [6, 6.07) is 7.08. The largest absolute Gasteiger partial charge is 0.497 e. The predicted octanol–water partition coefficient (Wildman–Crippen LogP) is 2.20. The maximum atomic E-state index is 11.6. The zero-order valence-electron chi connectivity index (χ0n) is 13.5. The average molecular weight is 345 g/mol. The van der Waals surface area contributed by atoms with Crippen molar-refractivity contribution in [2.45, 2.75) is 12.3 Å². The minimum Gasteiger partial charge on any atom is -0.497 e. The van der Waals surface area contributed by atoms with Crippen LogP contribution in [0.3, 0.4) is 0 Å². The number of ether oxygens (including phenoxy) is 1. The number of amides is 2. The number of carbonyl (C=O) groups is 1. The number of carbonyl (C=O) groups excluding carboxylic acids is 1. The van der Waals surface area contributed by atoms with Gasteiger partial charge in [-0.1, -0.05) is 18.1 Å². The minimum absolute atomic E-state index is 0.122. The Labute approximate surface area is 144 Å². The van der Waals surface area contributed by atoms with Crippen molar-refractivity contribution >= 4 is 22.5 Å². The van der Waals surface area contributed by atoms with Crippen molar-refractivity contribution in [1.82, 2.24) is 10.3 Å². The lowest BCUT2D eigenvalue weighted by atomic mass is 9.81. The molecule has 0 fully saturated rings. The summed E-state index contributed by atoms with van der Waals surface area (Å²) >= 11 is 1.29. The summed E-state index contributed by atoms with van der Waals surface area (Å²) in [5, 5.41) is 16.1. The van der Waals surface area contributed by atoms with Crippen molar-refractivity contribution in [3.63, 3.8) is 0 Å². The van der Waals surface area contributed by atoms with Crippen LogP contribution in [0, 0.1) is 12.3 Å². The van der Waals surface area contributed by atoms with Gasteiger partial charge in [0.2, 0.25) is 0 Å². The Morgan fingerprint density at radius 1 is 1.46 bits per heavy atom. The number of hydrogen-bond acceptors (Lipinski definition) is 5. The van der Waals surface area contributed by atoms with Crippen LogP contribution in [0.15, 0.2) is 29.6 Å². The molecule has 1 aromatic heterocycles. The second-order valence-electron chi connectivity index (χ2n) is 5.14. The fourth-order valence-electron chi connectivity index (χ4n) is 2.10. The Bertz CT molecular complexity index is 736. The van der Waals surface area contributed by atoms with Crippen LogP contribution in [0.5, 0.6) is 5.75 Å². The smallest absolute Gasteiger partial charge is 0.321 e. The molecule has 126 valence electrons. The van der Waals surface area contributed by atoms with E-state index < -0.39 is 11.4 Å². The van der Waals surface area contributed by atoms with Crippen LogP contribution in [0.1, 0.15) is 18.2 Å². The maximum Gasteiger partial charge on any atom is 0.321 e. The van der Waals surface area contributed by atoms with E-state index in [0.717, 1.165) is 11.3 Å². The molecule has 6 nitrogen and oxygen atoms in total. The van der Waals surface area contributed by atoms with Crippen LogP contribution in [0.2, 0.25) is 0 Å². The molecule has 0 aliphatic carbocycles. The SMILES string of the molecule is C#CC(C)(c1ccc(OC)cc1)c1csc(NC(=O)NCCO)n1. The van der Waals surface area contributed by atoms with Gasteiger partial charge in [-0.3, -0.25) is 5.32 Å². The molecule has 0 radical (unpaired) electrons. The lowest BCUT2D eigenvalue weighted by Crippen LogP contribution is -2.31. The Morgan fingerprint density at radius 2 is 2.17 bits per heavy atom. The number of aliphatic hydroxyl groups excluding tert-OH is 1. The second-order valence-corrected chi connectivity index (χ2v) is 6.00. The van der Waals surface area contributed by atoms with Crippen molar-refractivity contribution in [2.75, 3.05) is 25.6 Å². The molecule has 1 atom stereocenters. The molecular formula is C17H19N3O3S. The molecule has 2 aromatic rings. The van der Waals surface area contributed by atoms with E-state index in [4.69, 9.17) is 16.3 Å². The molecule has 0 bridgehead atoms. The summed E-state index contributed by atoms with van der Waals surface area (Å²) in [6.45, 7) is 1.96. The molecular weight excluding hydrogens is 326 g/mol. The van der Waals surface area contributed by atoms with Gasteiger partial charge in [-0.05, 0) is 24.6 Å². The number of nitrogens with one attached hydrogen (secondary N) is 2. The Balaban J connectivity index is 2.21. The highest BCUT2D eigenvalue weighted by molar-refractivity contribution is 7.14. The van der Waals surface area contributed by atoms with Gasteiger partial charge in [0.1, 0.15) is 5.75 Å². The van der Waals surface area contributed by atoms with Gasteiger partial charge in [0.15, 0.2) is 5.13 Å². The fraction of sp³-hybridized carbons (Fsp3) is 0.294. The maximum absolute atomic E-state index is 11.6. The molecule has 24 heavy (non-hydrogen) atoms. The fourth-order valence-corrected chi connectivity index (χ4v) is 2.92. The van der Waals surface area contributed by atoms with Gasteiger partial charge in [0.25, 0.3) is 0 Å². The van der Waals surface area contributed by atoms with E-state index in [1.165, 1.54) is 11.3 Å². The first-order valence-electron chi connectivity index (χ1n) is 7.27. The molecule has 0 aliphatic rings. The zero-order chi connectivity index (χ0) is 17.6. The van der Waals surface area contributed by atoms with E-state index >= 15 is 0 Å². The van der Waals surface area contributed by atoms with Crippen molar-refractivity contribution in [3.8, 4) is 18.1 Å². The molecule has 2 amide bonds. The van der Waals surface area contributed by atoms with Crippen molar-refractivity contribution in [3.05, 3.63) is 40.9 Å². The average Bonchev–Trinajstić information content (AvgIpc) is 3.08. The number of methoxy groups -OCH3 is 1. The summed E-state index contributed by atoms with van der Waals surface area (Å²) in [5.74, 6) is 3.54. The molecule has 2 rings (SSSR count). The number of hydrogen-bond donors (Lipinski definition) is 3. The Morgan fingerprint density at radius 3 is 2.75 bits per heavy atom. The lowest BCUT2D eigenvalue weighted by molar-refractivity contribution is 0.245. The van der Waals surface area contributed by atoms with Crippen LogP contribution in [0.25, 0.3) is 0 Å². The van der Waals surface area contributed by atoms with Gasteiger partial charge in [-0.15, -0.1) is 17.8 Å². The van der Waals surface area contributed by atoms with Crippen LogP contribution < -0.4 is 15.4 Å². The Kier molecular flexibility index (Phi) is 5.79. The number of thiazole rings is 1. The first kappa shape index (κ1) is 17.8. The van der Waals surface area contributed by atoms with Gasteiger partial charge in [-0.2, -0.15) is 0 Å². The van der Waals surface area contributed by atoms with E-state index in [-0.39, 0.29) is 13.2 Å². The van der Waals surface area contributed by atoms with Gasteiger partial charge in [0.05, 0.1) is 24.8 Å². The number of rotatable bonds is 6. The second kappa shape index (κ2) is 7.81. The predicted molar refractivity (Wildman–Crippen MR) is 94.5 cm³/mol. The van der Waals surface area contributed by atoms with Crippen molar-refractivity contribution < 1.29 is 14.6 Å². The summed E-state index contributed by atoms with van der Waals surface area (Å²) in [5.41, 5.74) is 0.870. The zero-order valence-corrected chi connectivity index (χ0v) is 14.3. The first-order chi connectivity index (χ1) is 11.5. The van der Waals surface area contributed by atoms with Crippen LogP contribution in [-0.2, 0) is 5.41 Å². The number of anilines is 1. The summed E-state index contributed by atoms with van der Waals surface area (Å²) in [7, 11) is 1.61. The topological polar surface area (TPSA) is 83.5 Å². The standard InChI is InChI=1S/C17H19N3O3S/c1-4-17(2,12-5-7-13(23-3)8-6-12)14-11-24-16(19-14)20-15(22)18-9-10-21/h1,5-8,11,21H,9-10H2,2-3H3,(H2,18,19,20,22). The minimum atomic E-state index is -0.718. The van der Waals surface area contributed by atoms with Gasteiger partial charge >= 0.3 is 6.03 Å². The molecule has 0 spiro atoms. The van der Waals surface area contributed by atoms with Crippen LogP contribution in [-0.4, -0.2) is 36.4 Å². The molecule has 7 heteroatoms. The highest BCUT2D eigenvalue weighted by Crippen LogP contribution is 2.34. The molecule has 0 saturated heterocycles. The number of benzene rings is 1. The van der Waals surface area contributed by atoms with Gasteiger partial charge < -0.3 is 15.2 Å². The molecule has 1 heterocycles. The quantitative estimate of drug-likeness (QED) is 0.701. The van der Waals surface area contributed by atoms with E-state index in [2.05, 4.69) is 21.5 Å². The highest BCUT2D eigenvalue weighted by Gasteiger charge is 2.29. The monoisotopic (exact) mass is 345 g/mol. The van der Waals surface area contributed by atoms with Crippen molar-refractivity contribution in [1.29, 1.82) is 0 Å². The first-order valence-corrected chi connectivity index (χ1v) is 8.15. The van der Waals surface area contributed by atoms with E-state index in [9.17, 15) is 4.79 Å². The molecule has 1 unspecified atom stereocenters. The molecule has 0 aliphatic heterocycles. The van der Waals surface area contributed by atoms with E-state index in [1.54, 1.807) is 7.11 Å². The van der Waals surface area contributed by atoms with Crippen molar-refractivity contribution in [2.24, 2.45) is 0 Å². The molecule has 1 aromatic carbocycles. The van der Waals surface area contributed by atoms with Gasteiger partial charge in [0, 0.05) is 11.9 Å². The Hall–Kier alpha value is -2.56. The van der Waals surface area contributed by atoms with E-state index in [0.29, 0.717) is 10.8 Å². The highest BCUT2D eigenvalue weighted by atomic mass is 32.1. The number of aliphatic hydroxyl groups is 1.